The van der Waals surface area contributed by atoms with E-state index < -0.39 is 50.7 Å². The smallest absolute Gasteiger partial charge is 0.321 e. The van der Waals surface area contributed by atoms with Crippen LogP contribution in [0.3, 0.4) is 0 Å². The summed E-state index contributed by atoms with van der Waals surface area (Å²) in [6, 6.07) is 26.5. The average molecular weight is 691 g/mol. The van der Waals surface area contributed by atoms with Crippen LogP contribution in [-0.2, 0) is 46.3 Å². The second-order valence-corrected chi connectivity index (χ2v) is 15.0. The van der Waals surface area contributed by atoms with Gasteiger partial charge in [-0.05, 0) is 59.4 Å². The molecule has 4 aromatic rings. The molecule has 0 aliphatic carbocycles. The Balaban J connectivity index is 1.30. The summed E-state index contributed by atoms with van der Waals surface area (Å²) < 4.78 is 58.3. The largest absolute Gasteiger partial charge is 0.388 e. The number of fused-ring (bicyclic) bond motifs is 2. The standard InChI is InChI=1S/C33H34N6O7S2/c40-31-29(17-21-7-3-1-4-8-21)38(19-23-11-13-25-27(15-23)36-47(43,44)34-25)33(42)39(30(32(31)41)18-22-9-5-2-6-10-22)20-24-12-14-26-28(16-24)37-48(45,46)35-26/h1-16,29-32,34-37,40-41H,17-20H2/t29-,30-,31+,32+/m1/s1. The molecule has 0 saturated carbocycles. The Labute approximate surface area is 278 Å². The molecule has 2 amide bonds. The number of urea groups is 1. The topological polar surface area (TPSA) is 180 Å². The van der Waals surface area contributed by atoms with Gasteiger partial charge in [0.1, 0.15) is 12.2 Å². The van der Waals surface area contributed by atoms with Crippen molar-refractivity contribution < 1.29 is 31.8 Å². The third-order valence-electron chi connectivity index (χ3n) is 8.86. The summed E-state index contributed by atoms with van der Waals surface area (Å²) in [4.78, 5) is 18.0. The molecule has 1 saturated heterocycles. The van der Waals surface area contributed by atoms with E-state index in [1.165, 1.54) is 9.80 Å². The first-order valence-electron chi connectivity index (χ1n) is 15.3. The number of aliphatic hydroxyl groups is 2. The van der Waals surface area contributed by atoms with E-state index >= 15 is 0 Å². The van der Waals surface area contributed by atoms with Gasteiger partial charge >= 0.3 is 26.4 Å². The van der Waals surface area contributed by atoms with Crippen LogP contribution in [-0.4, -0.2) is 67.2 Å². The third-order valence-corrected chi connectivity index (χ3v) is 10.8. The molecular weight excluding hydrogens is 657 g/mol. The van der Waals surface area contributed by atoms with Crippen LogP contribution in [0, 0.1) is 0 Å². The van der Waals surface area contributed by atoms with Gasteiger partial charge in [0.2, 0.25) is 0 Å². The molecule has 0 bridgehead atoms. The number of benzene rings is 4. The number of anilines is 4. The van der Waals surface area contributed by atoms with Gasteiger partial charge in [0.25, 0.3) is 0 Å². The minimum atomic E-state index is -3.74. The number of carbonyl (C=O) groups excluding carboxylic acids is 1. The van der Waals surface area contributed by atoms with E-state index in [-0.39, 0.29) is 25.9 Å². The first-order chi connectivity index (χ1) is 22.9. The van der Waals surface area contributed by atoms with Gasteiger partial charge in [-0.2, -0.15) is 16.8 Å². The molecule has 0 unspecified atom stereocenters. The number of amides is 2. The van der Waals surface area contributed by atoms with Gasteiger partial charge in [0.05, 0.1) is 34.8 Å². The number of nitrogens with zero attached hydrogens (tertiary/aromatic N) is 2. The summed E-state index contributed by atoms with van der Waals surface area (Å²) in [7, 11) is -7.48. The minimum absolute atomic E-state index is 0.00240. The zero-order chi connectivity index (χ0) is 33.6. The highest BCUT2D eigenvalue weighted by atomic mass is 32.2. The molecule has 0 radical (unpaired) electrons. The lowest BCUT2D eigenvalue weighted by molar-refractivity contribution is -0.0408. The number of rotatable bonds is 8. The molecule has 48 heavy (non-hydrogen) atoms. The molecule has 6 N–H and O–H groups in total. The van der Waals surface area contributed by atoms with Crippen LogP contribution in [0.2, 0.25) is 0 Å². The van der Waals surface area contributed by atoms with Gasteiger partial charge < -0.3 is 20.0 Å². The summed E-state index contributed by atoms with van der Waals surface area (Å²) in [5.41, 5.74) is 4.34. The molecule has 7 rings (SSSR count). The number of hydrogen-bond acceptors (Lipinski definition) is 7. The Kier molecular flexibility index (Phi) is 8.15. The Hall–Kier alpha value is -4.83. The highest BCUT2D eigenvalue weighted by Gasteiger charge is 2.46. The Morgan fingerprint density at radius 2 is 0.896 bits per heavy atom. The lowest BCUT2D eigenvalue weighted by Crippen LogP contribution is -2.50. The van der Waals surface area contributed by atoms with Crippen LogP contribution in [0.25, 0.3) is 0 Å². The SMILES string of the molecule is O=C1N(Cc2ccc3c(c2)NS(=O)(=O)N3)[C@H](Cc2ccccc2)[C@H](O)[C@@H](O)[C@@H](Cc2ccccc2)N1Cc1ccc2c(c1)NS(=O)(=O)N2. The van der Waals surface area contributed by atoms with E-state index in [2.05, 4.69) is 18.9 Å². The highest BCUT2D eigenvalue weighted by Crippen LogP contribution is 2.35. The monoisotopic (exact) mass is 690 g/mol. The van der Waals surface area contributed by atoms with Crippen LogP contribution in [0.1, 0.15) is 22.3 Å². The summed E-state index contributed by atoms with van der Waals surface area (Å²) in [6.45, 7) is -0.00479. The lowest BCUT2D eigenvalue weighted by Gasteiger charge is -2.36. The maximum atomic E-state index is 14.9. The molecular formula is C33H34N6O7S2. The molecule has 4 atom stereocenters. The normalized spacial score (nSPS) is 23.6. The van der Waals surface area contributed by atoms with Gasteiger partial charge in [-0.15, -0.1) is 0 Å². The van der Waals surface area contributed by atoms with E-state index in [9.17, 15) is 31.8 Å². The van der Waals surface area contributed by atoms with E-state index in [4.69, 9.17) is 0 Å². The molecule has 3 aliphatic heterocycles. The molecule has 15 heteroatoms. The third kappa shape index (κ3) is 6.49. The van der Waals surface area contributed by atoms with E-state index in [1.807, 2.05) is 60.7 Å². The van der Waals surface area contributed by atoms with Crippen molar-refractivity contribution in [1.29, 1.82) is 0 Å². The van der Waals surface area contributed by atoms with Gasteiger partial charge in [0.15, 0.2) is 0 Å². The Bertz CT molecular complexity index is 1920. The van der Waals surface area contributed by atoms with Crippen molar-refractivity contribution in [2.75, 3.05) is 18.9 Å². The first-order valence-corrected chi connectivity index (χ1v) is 18.3. The first kappa shape index (κ1) is 31.8. The number of hydrogen-bond donors (Lipinski definition) is 6. The highest BCUT2D eigenvalue weighted by molar-refractivity contribution is 7.94. The average Bonchev–Trinajstić information content (AvgIpc) is 3.54. The fourth-order valence-electron chi connectivity index (χ4n) is 6.57. The Morgan fingerprint density at radius 3 is 1.29 bits per heavy atom. The summed E-state index contributed by atoms with van der Waals surface area (Å²) >= 11 is 0. The summed E-state index contributed by atoms with van der Waals surface area (Å²) in [5.74, 6) is 0. The minimum Gasteiger partial charge on any atom is -0.388 e. The molecule has 1 fully saturated rings. The van der Waals surface area contributed by atoms with Crippen molar-refractivity contribution in [2.24, 2.45) is 0 Å². The fourth-order valence-corrected chi connectivity index (χ4v) is 8.52. The summed E-state index contributed by atoms with van der Waals surface area (Å²) in [6.07, 6.45) is -2.25. The van der Waals surface area contributed by atoms with Crippen molar-refractivity contribution in [2.45, 2.75) is 50.2 Å². The van der Waals surface area contributed by atoms with Gasteiger partial charge in [-0.25, -0.2) is 4.79 Å². The van der Waals surface area contributed by atoms with Crippen LogP contribution in [0.15, 0.2) is 97.1 Å². The van der Waals surface area contributed by atoms with Gasteiger partial charge in [0, 0.05) is 13.1 Å². The van der Waals surface area contributed by atoms with Crippen molar-refractivity contribution >= 4 is 49.2 Å². The molecule has 4 aromatic carbocycles. The predicted octanol–water partition coefficient (Wildman–Crippen LogP) is 3.23. The second-order valence-electron chi connectivity index (χ2n) is 12.2. The lowest BCUT2D eigenvalue weighted by atomic mass is 9.91. The van der Waals surface area contributed by atoms with Crippen molar-refractivity contribution in [3.05, 3.63) is 119 Å². The van der Waals surface area contributed by atoms with Crippen LogP contribution in [0.4, 0.5) is 27.5 Å². The van der Waals surface area contributed by atoms with Crippen molar-refractivity contribution in [3.63, 3.8) is 0 Å². The zero-order valence-corrected chi connectivity index (χ0v) is 27.2. The molecule has 3 aliphatic rings. The van der Waals surface area contributed by atoms with Crippen molar-refractivity contribution in [3.8, 4) is 0 Å². The predicted molar refractivity (Wildman–Crippen MR) is 182 cm³/mol. The quantitative estimate of drug-likeness (QED) is 0.164. The number of aliphatic hydroxyl groups excluding tert-OH is 2. The van der Waals surface area contributed by atoms with Gasteiger partial charge in [-0.3, -0.25) is 18.9 Å². The van der Waals surface area contributed by atoms with E-state index in [1.54, 1.807) is 36.4 Å². The molecule has 0 spiro atoms. The van der Waals surface area contributed by atoms with Crippen LogP contribution < -0.4 is 18.9 Å². The van der Waals surface area contributed by atoms with Crippen LogP contribution in [0.5, 0.6) is 0 Å². The van der Waals surface area contributed by atoms with Crippen molar-refractivity contribution in [1.82, 2.24) is 9.80 Å². The number of carbonyl (C=O) groups is 1. The molecule has 3 heterocycles. The summed E-state index contributed by atoms with van der Waals surface area (Å²) in [5, 5.41) is 23.9. The van der Waals surface area contributed by atoms with E-state index in [0.717, 1.165) is 11.1 Å². The van der Waals surface area contributed by atoms with E-state index in [0.29, 0.717) is 33.9 Å². The second kappa shape index (κ2) is 12.3. The Morgan fingerprint density at radius 1 is 0.521 bits per heavy atom. The number of nitrogens with one attached hydrogen (secondary N) is 4. The maximum Gasteiger partial charge on any atom is 0.321 e. The maximum absolute atomic E-state index is 14.9. The molecule has 250 valence electrons. The molecule has 13 nitrogen and oxygen atoms in total. The fraction of sp³-hybridized carbons (Fsp3) is 0.242. The molecule has 0 aromatic heterocycles. The van der Waals surface area contributed by atoms with Gasteiger partial charge in [-0.1, -0.05) is 72.8 Å². The zero-order valence-electron chi connectivity index (χ0n) is 25.5. The van der Waals surface area contributed by atoms with Crippen LogP contribution >= 0.6 is 0 Å².